The average molecular weight is 375 g/mol. The number of aliphatic hydroxyl groups is 1. The maximum Gasteiger partial charge on any atom is 0.264 e. The third-order valence-electron chi connectivity index (χ3n) is 5.30. The first kappa shape index (κ1) is 17.6. The molecule has 1 N–H and O–H groups in total. The summed E-state index contributed by atoms with van der Waals surface area (Å²) in [6.07, 6.45) is 0.368. The normalized spacial score (nSPS) is 23.7. The smallest absolute Gasteiger partial charge is 0.264 e. The van der Waals surface area contributed by atoms with Gasteiger partial charge in [-0.3, -0.25) is 9.69 Å². The number of aliphatic hydroxyl groups excluding tert-OH is 1. The quantitative estimate of drug-likeness (QED) is 0.886. The van der Waals surface area contributed by atoms with Crippen molar-refractivity contribution in [1.82, 2.24) is 24.6 Å². The van der Waals surface area contributed by atoms with Crippen LogP contribution in [-0.2, 0) is 13.1 Å². The predicted octanol–water partition coefficient (Wildman–Crippen LogP) is 1.82. The van der Waals surface area contributed by atoms with Crippen molar-refractivity contribution in [3.8, 4) is 0 Å². The zero-order valence-corrected chi connectivity index (χ0v) is 16.2. The van der Waals surface area contributed by atoms with E-state index >= 15 is 0 Å². The number of thiophene rings is 1. The Morgan fingerprint density at radius 2 is 2.12 bits per heavy atom. The molecule has 1 fully saturated rings. The fourth-order valence-electron chi connectivity index (χ4n) is 3.97. The van der Waals surface area contributed by atoms with Gasteiger partial charge in [0.15, 0.2) is 11.6 Å². The molecule has 2 atom stereocenters. The minimum Gasteiger partial charge on any atom is -0.392 e. The highest BCUT2D eigenvalue weighted by atomic mass is 32.1. The fourth-order valence-corrected chi connectivity index (χ4v) is 4.80. The van der Waals surface area contributed by atoms with Crippen LogP contribution in [0.1, 0.15) is 52.5 Å². The second-order valence-electron chi connectivity index (χ2n) is 7.46. The zero-order chi connectivity index (χ0) is 18.4. The molecule has 2 aliphatic rings. The van der Waals surface area contributed by atoms with Gasteiger partial charge >= 0.3 is 0 Å². The molecule has 4 rings (SSSR count). The second kappa shape index (κ2) is 6.75. The Morgan fingerprint density at radius 3 is 2.81 bits per heavy atom. The standard InChI is InChI=1S/C18H25N5O2S/c1-11(2)23-9-13(24)8-14(23)17-20-19-16-10-21(6-7-22(16)17)18(25)15-5-4-12(3)26-15/h4-5,11,13-14,24H,6-10H2,1-3H3/t13-,14-/m0/s1. The van der Waals surface area contributed by atoms with E-state index in [1.54, 1.807) is 0 Å². The van der Waals surface area contributed by atoms with E-state index in [1.807, 2.05) is 24.0 Å². The topological polar surface area (TPSA) is 74.5 Å². The van der Waals surface area contributed by atoms with E-state index in [-0.39, 0.29) is 18.1 Å². The summed E-state index contributed by atoms with van der Waals surface area (Å²) >= 11 is 1.53. The number of fused-ring (bicyclic) bond motifs is 1. The molecule has 7 nitrogen and oxygen atoms in total. The van der Waals surface area contributed by atoms with Gasteiger partial charge in [0.05, 0.1) is 23.6 Å². The summed E-state index contributed by atoms with van der Waals surface area (Å²) < 4.78 is 2.14. The minimum atomic E-state index is -0.320. The van der Waals surface area contributed by atoms with Crippen LogP contribution in [0.15, 0.2) is 12.1 Å². The highest BCUT2D eigenvalue weighted by Gasteiger charge is 2.38. The van der Waals surface area contributed by atoms with Gasteiger partial charge in [-0.2, -0.15) is 0 Å². The molecule has 2 aromatic rings. The molecule has 2 aliphatic heterocycles. The third-order valence-corrected chi connectivity index (χ3v) is 6.29. The molecule has 0 saturated carbocycles. The molecule has 26 heavy (non-hydrogen) atoms. The molecule has 0 spiro atoms. The lowest BCUT2D eigenvalue weighted by atomic mass is 10.1. The molecule has 1 amide bonds. The number of hydrogen-bond donors (Lipinski definition) is 1. The van der Waals surface area contributed by atoms with Crippen LogP contribution in [0.5, 0.6) is 0 Å². The summed E-state index contributed by atoms with van der Waals surface area (Å²) in [6, 6.07) is 4.31. The zero-order valence-electron chi connectivity index (χ0n) is 15.4. The molecule has 0 aliphatic carbocycles. The number of nitrogens with zero attached hydrogens (tertiary/aromatic N) is 5. The van der Waals surface area contributed by atoms with Gasteiger partial charge in [-0.25, -0.2) is 0 Å². The summed E-state index contributed by atoms with van der Waals surface area (Å²) in [4.78, 5) is 18.8. The molecule has 2 aromatic heterocycles. The van der Waals surface area contributed by atoms with Crippen LogP contribution >= 0.6 is 11.3 Å². The van der Waals surface area contributed by atoms with Gasteiger partial charge in [-0.05, 0) is 39.3 Å². The molecule has 140 valence electrons. The van der Waals surface area contributed by atoms with Gasteiger partial charge in [0.1, 0.15) is 0 Å². The lowest BCUT2D eigenvalue weighted by Gasteiger charge is -2.31. The van der Waals surface area contributed by atoms with E-state index in [4.69, 9.17) is 0 Å². The van der Waals surface area contributed by atoms with Crippen LogP contribution in [0.3, 0.4) is 0 Å². The van der Waals surface area contributed by atoms with E-state index in [9.17, 15) is 9.90 Å². The van der Waals surface area contributed by atoms with E-state index in [0.29, 0.717) is 38.6 Å². The number of hydrogen-bond acceptors (Lipinski definition) is 6. The van der Waals surface area contributed by atoms with Crippen LogP contribution in [0, 0.1) is 6.92 Å². The largest absolute Gasteiger partial charge is 0.392 e. The minimum absolute atomic E-state index is 0.0685. The van der Waals surface area contributed by atoms with Crippen molar-refractivity contribution >= 4 is 17.2 Å². The first-order valence-electron chi connectivity index (χ1n) is 9.15. The number of aryl methyl sites for hydroxylation is 1. The summed E-state index contributed by atoms with van der Waals surface area (Å²) in [6.45, 7) is 8.81. The van der Waals surface area contributed by atoms with Crippen LogP contribution < -0.4 is 0 Å². The fraction of sp³-hybridized carbons (Fsp3) is 0.611. The van der Waals surface area contributed by atoms with E-state index in [0.717, 1.165) is 21.4 Å². The maximum atomic E-state index is 12.7. The molecule has 0 aromatic carbocycles. The lowest BCUT2D eigenvalue weighted by molar-refractivity contribution is 0.0709. The molecular weight excluding hydrogens is 350 g/mol. The van der Waals surface area contributed by atoms with Crippen molar-refractivity contribution in [1.29, 1.82) is 0 Å². The van der Waals surface area contributed by atoms with Gasteiger partial charge < -0.3 is 14.6 Å². The maximum absolute atomic E-state index is 12.7. The molecule has 0 radical (unpaired) electrons. The summed E-state index contributed by atoms with van der Waals surface area (Å²) in [5, 5.41) is 18.9. The van der Waals surface area contributed by atoms with Gasteiger partial charge in [-0.15, -0.1) is 21.5 Å². The van der Waals surface area contributed by atoms with E-state index < -0.39 is 0 Å². The monoisotopic (exact) mass is 375 g/mol. The number of β-amino-alcohol motifs (C(OH)–C–C–N with tert-alkyl or cyclic N) is 1. The van der Waals surface area contributed by atoms with Crippen molar-refractivity contribution in [2.45, 2.75) is 58.5 Å². The molecule has 0 unspecified atom stereocenters. The van der Waals surface area contributed by atoms with Crippen molar-refractivity contribution in [3.05, 3.63) is 33.5 Å². The molecule has 4 heterocycles. The SMILES string of the molecule is Cc1ccc(C(=O)N2CCn3c(nnc3[C@@H]3C[C@H](O)CN3C(C)C)C2)s1. The van der Waals surface area contributed by atoms with Gasteiger partial charge in [0.25, 0.3) is 5.91 Å². The number of carbonyl (C=O) groups excluding carboxylic acids is 1. The second-order valence-corrected chi connectivity index (χ2v) is 8.75. The van der Waals surface area contributed by atoms with Crippen molar-refractivity contribution in [2.75, 3.05) is 13.1 Å². The third kappa shape index (κ3) is 3.06. The Balaban J connectivity index is 1.54. The number of amides is 1. The van der Waals surface area contributed by atoms with Crippen LogP contribution in [-0.4, -0.2) is 60.8 Å². The van der Waals surface area contributed by atoms with Crippen LogP contribution in [0.2, 0.25) is 0 Å². The van der Waals surface area contributed by atoms with E-state index in [2.05, 4.69) is 33.5 Å². The summed E-state index contributed by atoms with van der Waals surface area (Å²) in [5.74, 6) is 1.82. The van der Waals surface area contributed by atoms with Crippen molar-refractivity contribution < 1.29 is 9.90 Å². The van der Waals surface area contributed by atoms with E-state index in [1.165, 1.54) is 11.3 Å². The summed E-state index contributed by atoms with van der Waals surface area (Å²) in [5.41, 5.74) is 0. The number of rotatable bonds is 3. The Hall–Kier alpha value is -1.77. The number of likely N-dealkylation sites (tertiary alicyclic amines) is 1. The molecule has 8 heteroatoms. The summed E-state index contributed by atoms with van der Waals surface area (Å²) in [7, 11) is 0. The van der Waals surface area contributed by atoms with Gasteiger partial charge in [0.2, 0.25) is 0 Å². The Morgan fingerprint density at radius 1 is 1.31 bits per heavy atom. The van der Waals surface area contributed by atoms with Crippen LogP contribution in [0.4, 0.5) is 0 Å². The van der Waals surface area contributed by atoms with Crippen molar-refractivity contribution in [2.24, 2.45) is 0 Å². The molecule has 1 saturated heterocycles. The first-order valence-corrected chi connectivity index (χ1v) is 9.97. The Labute approximate surface area is 157 Å². The predicted molar refractivity (Wildman–Crippen MR) is 99.0 cm³/mol. The van der Waals surface area contributed by atoms with Crippen molar-refractivity contribution in [3.63, 3.8) is 0 Å². The Kier molecular flexibility index (Phi) is 4.58. The highest BCUT2D eigenvalue weighted by Crippen LogP contribution is 2.34. The van der Waals surface area contributed by atoms with Gasteiger partial charge in [-0.1, -0.05) is 0 Å². The average Bonchev–Trinajstić information content (AvgIpc) is 3.31. The highest BCUT2D eigenvalue weighted by molar-refractivity contribution is 7.13. The lowest BCUT2D eigenvalue weighted by Crippen LogP contribution is -2.39. The molecular formula is C18H25N5O2S. The Bertz CT molecular complexity index is 814. The number of aromatic nitrogens is 3. The number of carbonyl (C=O) groups is 1. The van der Waals surface area contributed by atoms with Crippen LogP contribution in [0.25, 0.3) is 0 Å². The first-order chi connectivity index (χ1) is 12.4. The van der Waals surface area contributed by atoms with Gasteiger partial charge in [0, 0.05) is 30.6 Å². The molecule has 0 bridgehead atoms.